The molecule has 2 amide bonds. The van der Waals surface area contributed by atoms with Crippen LogP contribution in [0.1, 0.15) is 33.6 Å². The molecular weight excluding hydrogens is 400 g/mol. The smallest absolute Gasteiger partial charge is 0.253 e. The van der Waals surface area contributed by atoms with Crippen molar-refractivity contribution in [2.24, 2.45) is 0 Å². The summed E-state index contributed by atoms with van der Waals surface area (Å²) in [5.41, 5.74) is 2.13. The maximum atomic E-state index is 12.7. The highest BCUT2D eigenvalue weighted by Crippen LogP contribution is 2.25. The molecule has 6 nitrogen and oxygen atoms in total. The maximum Gasteiger partial charge on any atom is 0.253 e. The number of nitrogens with zero attached hydrogens (tertiary/aromatic N) is 2. The molecule has 1 aliphatic rings. The van der Waals surface area contributed by atoms with E-state index in [4.69, 9.17) is 11.6 Å². The van der Waals surface area contributed by atoms with E-state index in [0.29, 0.717) is 22.7 Å². The first-order valence-corrected chi connectivity index (χ1v) is 10.7. The van der Waals surface area contributed by atoms with Crippen LogP contribution in [0.25, 0.3) is 0 Å². The highest BCUT2D eigenvalue weighted by molar-refractivity contribution is 6.33. The number of hydrogen-bond donors (Lipinski definition) is 2. The van der Waals surface area contributed by atoms with Crippen molar-refractivity contribution < 1.29 is 9.59 Å². The fraction of sp³-hybridized carbons (Fsp3) is 0.391. The van der Waals surface area contributed by atoms with Gasteiger partial charge in [-0.3, -0.25) is 9.59 Å². The van der Waals surface area contributed by atoms with Gasteiger partial charge in [-0.1, -0.05) is 35.9 Å². The number of carbonyl (C=O) groups is 2. The standard InChI is InChI=1S/C23H29ClN4O2/c1-27(2)16-13-25-22(29)19-8-4-6-10-21(19)28-14-11-17(12-15-28)26-23(30)18-7-3-5-9-20(18)24/h3-10,17H,11-16H2,1-2H3,(H,25,29)(H,26,30). The highest BCUT2D eigenvalue weighted by Gasteiger charge is 2.24. The van der Waals surface area contributed by atoms with Gasteiger partial charge in [0.25, 0.3) is 11.8 Å². The third-order valence-electron chi connectivity index (χ3n) is 5.28. The average Bonchev–Trinajstić information content (AvgIpc) is 2.74. The summed E-state index contributed by atoms with van der Waals surface area (Å²) in [5, 5.41) is 6.54. The molecule has 0 spiro atoms. The minimum atomic E-state index is -0.139. The van der Waals surface area contributed by atoms with Gasteiger partial charge in [-0.2, -0.15) is 0 Å². The normalized spacial score (nSPS) is 14.6. The van der Waals surface area contributed by atoms with E-state index in [1.807, 2.05) is 55.4 Å². The predicted octanol–water partition coefficient (Wildman–Crippen LogP) is 3.03. The second-order valence-corrected chi connectivity index (χ2v) is 8.20. The third kappa shape index (κ3) is 5.74. The van der Waals surface area contributed by atoms with Crippen LogP contribution in [0, 0.1) is 0 Å². The lowest BCUT2D eigenvalue weighted by atomic mass is 10.0. The summed E-state index contributed by atoms with van der Waals surface area (Å²) in [6, 6.07) is 14.9. The van der Waals surface area contributed by atoms with Crippen LogP contribution in [0.3, 0.4) is 0 Å². The van der Waals surface area contributed by atoms with E-state index >= 15 is 0 Å². The molecule has 0 aromatic heterocycles. The van der Waals surface area contributed by atoms with Crippen molar-refractivity contribution in [2.75, 3.05) is 45.2 Å². The zero-order chi connectivity index (χ0) is 21.5. The Bertz CT molecular complexity index is 879. The largest absolute Gasteiger partial charge is 0.371 e. The molecule has 1 aliphatic heterocycles. The molecule has 0 aliphatic carbocycles. The van der Waals surface area contributed by atoms with E-state index in [1.54, 1.807) is 12.1 Å². The first-order chi connectivity index (χ1) is 14.5. The van der Waals surface area contributed by atoms with Gasteiger partial charge in [0, 0.05) is 37.9 Å². The van der Waals surface area contributed by atoms with Gasteiger partial charge in [-0.25, -0.2) is 0 Å². The molecule has 0 saturated carbocycles. The zero-order valence-electron chi connectivity index (χ0n) is 17.5. The summed E-state index contributed by atoms with van der Waals surface area (Å²) in [6.45, 7) is 2.95. The van der Waals surface area contributed by atoms with Gasteiger partial charge < -0.3 is 20.4 Å². The van der Waals surface area contributed by atoms with Crippen LogP contribution in [0.15, 0.2) is 48.5 Å². The van der Waals surface area contributed by atoms with Crippen LogP contribution in [-0.2, 0) is 0 Å². The Morgan fingerprint density at radius 2 is 1.63 bits per heavy atom. The van der Waals surface area contributed by atoms with Crippen LogP contribution in [0.4, 0.5) is 5.69 Å². The van der Waals surface area contributed by atoms with E-state index in [0.717, 1.165) is 38.2 Å². The third-order valence-corrected chi connectivity index (χ3v) is 5.61. The SMILES string of the molecule is CN(C)CCNC(=O)c1ccccc1N1CCC(NC(=O)c2ccccc2Cl)CC1. The summed E-state index contributed by atoms with van der Waals surface area (Å²) in [4.78, 5) is 29.4. The Kier molecular flexibility index (Phi) is 7.71. The number of hydrogen-bond acceptors (Lipinski definition) is 4. The molecule has 2 aromatic rings. The molecule has 7 heteroatoms. The minimum absolute atomic E-state index is 0.0541. The quantitative estimate of drug-likeness (QED) is 0.711. The number of halogens is 1. The fourth-order valence-electron chi connectivity index (χ4n) is 3.60. The summed E-state index contributed by atoms with van der Waals surface area (Å²) < 4.78 is 0. The molecule has 0 bridgehead atoms. The van der Waals surface area contributed by atoms with Gasteiger partial charge >= 0.3 is 0 Å². The van der Waals surface area contributed by atoms with Crippen LogP contribution >= 0.6 is 11.6 Å². The van der Waals surface area contributed by atoms with Crippen LogP contribution in [-0.4, -0.2) is 63.0 Å². The lowest BCUT2D eigenvalue weighted by molar-refractivity contribution is 0.0929. The number of para-hydroxylation sites is 1. The van der Waals surface area contributed by atoms with Crippen molar-refractivity contribution in [2.45, 2.75) is 18.9 Å². The Morgan fingerprint density at radius 3 is 2.30 bits per heavy atom. The maximum absolute atomic E-state index is 12.7. The molecule has 0 unspecified atom stereocenters. The van der Waals surface area contributed by atoms with Gasteiger partial charge in [-0.05, 0) is 51.2 Å². The molecular formula is C23H29ClN4O2. The molecule has 2 aromatic carbocycles. The van der Waals surface area contributed by atoms with E-state index < -0.39 is 0 Å². The monoisotopic (exact) mass is 428 g/mol. The molecule has 1 fully saturated rings. The molecule has 2 N–H and O–H groups in total. The molecule has 160 valence electrons. The fourth-order valence-corrected chi connectivity index (χ4v) is 3.82. The molecule has 3 rings (SSSR count). The molecule has 0 atom stereocenters. The number of rotatable bonds is 7. The van der Waals surface area contributed by atoms with E-state index in [-0.39, 0.29) is 17.9 Å². The van der Waals surface area contributed by atoms with E-state index in [2.05, 4.69) is 15.5 Å². The Balaban J connectivity index is 1.58. The number of likely N-dealkylation sites (N-methyl/N-ethyl adjacent to an activating group) is 1. The van der Waals surface area contributed by atoms with Gasteiger partial charge in [0.2, 0.25) is 0 Å². The molecule has 1 saturated heterocycles. The number of carbonyl (C=O) groups excluding carboxylic acids is 2. The molecule has 1 heterocycles. The van der Waals surface area contributed by atoms with E-state index in [1.165, 1.54) is 0 Å². The highest BCUT2D eigenvalue weighted by atomic mass is 35.5. The predicted molar refractivity (Wildman–Crippen MR) is 121 cm³/mol. The Labute approximate surface area is 183 Å². The lowest BCUT2D eigenvalue weighted by Crippen LogP contribution is -2.45. The number of anilines is 1. The number of amides is 2. The first-order valence-electron chi connectivity index (χ1n) is 10.3. The van der Waals surface area contributed by atoms with Crippen molar-refractivity contribution in [3.05, 3.63) is 64.7 Å². The average molecular weight is 429 g/mol. The summed E-state index contributed by atoms with van der Waals surface area (Å²) in [5.74, 6) is -0.193. The first kappa shape index (κ1) is 22.1. The lowest BCUT2D eigenvalue weighted by Gasteiger charge is -2.35. The minimum Gasteiger partial charge on any atom is -0.371 e. The van der Waals surface area contributed by atoms with Crippen molar-refractivity contribution >= 4 is 29.1 Å². The van der Waals surface area contributed by atoms with Gasteiger partial charge in [0.1, 0.15) is 0 Å². The van der Waals surface area contributed by atoms with Gasteiger partial charge in [0.05, 0.1) is 16.1 Å². The van der Waals surface area contributed by atoms with Crippen LogP contribution in [0.2, 0.25) is 5.02 Å². The van der Waals surface area contributed by atoms with Gasteiger partial charge in [-0.15, -0.1) is 0 Å². The van der Waals surface area contributed by atoms with Crippen molar-refractivity contribution in [3.63, 3.8) is 0 Å². The molecule has 0 radical (unpaired) electrons. The van der Waals surface area contributed by atoms with E-state index in [9.17, 15) is 9.59 Å². The zero-order valence-corrected chi connectivity index (χ0v) is 18.3. The number of benzene rings is 2. The van der Waals surface area contributed by atoms with Crippen LogP contribution < -0.4 is 15.5 Å². The Morgan fingerprint density at radius 1 is 1.00 bits per heavy atom. The molecule has 30 heavy (non-hydrogen) atoms. The van der Waals surface area contributed by atoms with Crippen LogP contribution in [0.5, 0.6) is 0 Å². The van der Waals surface area contributed by atoms with Crippen molar-refractivity contribution in [1.29, 1.82) is 0 Å². The summed E-state index contributed by atoms with van der Waals surface area (Å²) >= 11 is 6.13. The second kappa shape index (κ2) is 10.5. The summed E-state index contributed by atoms with van der Waals surface area (Å²) in [7, 11) is 3.96. The second-order valence-electron chi connectivity index (χ2n) is 7.79. The topological polar surface area (TPSA) is 64.7 Å². The van der Waals surface area contributed by atoms with Gasteiger partial charge in [0.15, 0.2) is 0 Å². The number of piperidine rings is 1. The number of nitrogens with one attached hydrogen (secondary N) is 2. The van der Waals surface area contributed by atoms with Crippen molar-refractivity contribution in [1.82, 2.24) is 15.5 Å². The Hall–Kier alpha value is -2.57. The summed E-state index contributed by atoms with van der Waals surface area (Å²) in [6.07, 6.45) is 1.62. The van der Waals surface area contributed by atoms with Crippen molar-refractivity contribution in [3.8, 4) is 0 Å².